The van der Waals surface area contributed by atoms with Crippen LogP contribution in [0.25, 0.3) is 0 Å². The van der Waals surface area contributed by atoms with E-state index in [0.29, 0.717) is 8.04 Å². The van der Waals surface area contributed by atoms with Crippen molar-refractivity contribution in [3.05, 3.63) is 26.2 Å². The van der Waals surface area contributed by atoms with Crippen molar-refractivity contribution in [2.75, 3.05) is 0 Å². The Labute approximate surface area is 94.5 Å². The quantitative estimate of drug-likeness (QED) is 0.684. The molecule has 0 radical (unpaired) electrons. The summed E-state index contributed by atoms with van der Waals surface area (Å²) >= 11 is 4.87. The lowest BCUT2D eigenvalue weighted by Gasteiger charge is -2.10. The molecule has 13 heavy (non-hydrogen) atoms. The van der Waals surface area contributed by atoms with E-state index in [9.17, 15) is 13.2 Å². The predicted octanol–water partition coefficient (Wildman–Crippen LogP) is 3.95. The largest absolute Gasteiger partial charge is 0.573 e. The number of hydrogen-bond donors (Lipinski definition) is 0. The molecule has 1 rings (SSSR count). The molecular formula is C7H3BrF3IO. The van der Waals surface area contributed by atoms with E-state index in [1.807, 2.05) is 0 Å². The van der Waals surface area contributed by atoms with Gasteiger partial charge >= 0.3 is 6.36 Å². The summed E-state index contributed by atoms with van der Waals surface area (Å²) in [4.78, 5) is 0. The van der Waals surface area contributed by atoms with Crippen LogP contribution in [0.15, 0.2) is 22.7 Å². The molecule has 0 bridgehead atoms. The van der Waals surface area contributed by atoms with Gasteiger partial charge in [-0.1, -0.05) is 6.07 Å². The molecule has 1 aromatic carbocycles. The molecule has 72 valence electrons. The number of hydrogen-bond acceptors (Lipinski definition) is 1. The second-order valence-corrected chi connectivity index (χ2v) is 4.03. The number of ether oxygens (including phenoxy) is 1. The van der Waals surface area contributed by atoms with E-state index in [4.69, 9.17) is 0 Å². The minimum atomic E-state index is -4.64. The van der Waals surface area contributed by atoms with Crippen LogP contribution in [0.2, 0.25) is 0 Å². The zero-order valence-electron chi connectivity index (χ0n) is 6.03. The first-order valence-corrected chi connectivity index (χ1v) is 4.97. The molecule has 0 aliphatic carbocycles. The topological polar surface area (TPSA) is 9.23 Å². The Hall–Kier alpha value is 0.0200. The molecule has 0 spiro atoms. The number of benzene rings is 1. The summed E-state index contributed by atoms with van der Waals surface area (Å²) < 4.78 is 40.2. The highest BCUT2D eigenvalue weighted by atomic mass is 127. The van der Waals surface area contributed by atoms with Gasteiger partial charge in [0.2, 0.25) is 0 Å². The standard InChI is InChI=1S/C7H3BrF3IO/c8-4-2-1-3-5(6(4)12)13-7(9,10)11/h1-3H. The Balaban J connectivity index is 2.96. The summed E-state index contributed by atoms with van der Waals surface area (Å²) in [6, 6.07) is 4.39. The van der Waals surface area contributed by atoms with Crippen molar-refractivity contribution in [2.24, 2.45) is 0 Å². The van der Waals surface area contributed by atoms with Crippen LogP contribution < -0.4 is 4.74 Å². The van der Waals surface area contributed by atoms with Crippen molar-refractivity contribution in [1.82, 2.24) is 0 Å². The molecule has 1 aromatic rings. The normalized spacial score (nSPS) is 11.5. The fourth-order valence-electron chi connectivity index (χ4n) is 0.688. The predicted molar refractivity (Wildman–Crippen MR) is 53.5 cm³/mol. The highest BCUT2D eigenvalue weighted by molar-refractivity contribution is 14.1. The van der Waals surface area contributed by atoms with Crippen molar-refractivity contribution >= 4 is 38.5 Å². The molecule has 0 unspecified atom stereocenters. The Morgan fingerprint density at radius 3 is 2.46 bits per heavy atom. The second-order valence-electron chi connectivity index (χ2n) is 2.10. The van der Waals surface area contributed by atoms with Crippen LogP contribution in [0.5, 0.6) is 5.75 Å². The molecule has 0 atom stereocenters. The molecule has 0 aliphatic heterocycles. The van der Waals surface area contributed by atoms with Crippen LogP contribution >= 0.6 is 38.5 Å². The minimum Gasteiger partial charge on any atom is -0.405 e. The summed E-state index contributed by atoms with van der Waals surface area (Å²) in [6.45, 7) is 0. The molecule has 0 fully saturated rings. The van der Waals surface area contributed by atoms with Gasteiger partial charge < -0.3 is 4.74 Å². The third-order valence-electron chi connectivity index (χ3n) is 1.14. The van der Waals surface area contributed by atoms with Crippen LogP contribution in [0.4, 0.5) is 13.2 Å². The van der Waals surface area contributed by atoms with Crippen LogP contribution in [-0.2, 0) is 0 Å². The van der Waals surface area contributed by atoms with E-state index in [1.54, 1.807) is 28.7 Å². The van der Waals surface area contributed by atoms with Gasteiger partial charge in [0.1, 0.15) is 5.75 Å². The molecule has 0 amide bonds. The monoisotopic (exact) mass is 366 g/mol. The SMILES string of the molecule is FC(F)(F)Oc1cccc(Br)c1I. The third kappa shape index (κ3) is 3.34. The van der Waals surface area contributed by atoms with Gasteiger partial charge in [-0.3, -0.25) is 0 Å². The Morgan fingerprint density at radius 2 is 1.92 bits per heavy atom. The number of halogens is 5. The maximum absolute atomic E-state index is 11.8. The first kappa shape index (κ1) is 11.1. The van der Waals surface area contributed by atoms with Crippen LogP contribution in [0, 0.1) is 3.57 Å². The summed E-state index contributed by atoms with van der Waals surface area (Å²) in [6.07, 6.45) is -4.64. The second kappa shape index (κ2) is 4.04. The summed E-state index contributed by atoms with van der Waals surface area (Å²) in [5.41, 5.74) is 0. The van der Waals surface area contributed by atoms with Crippen molar-refractivity contribution in [2.45, 2.75) is 6.36 Å². The van der Waals surface area contributed by atoms with E-state index in [1.165, 1.54) is 12.1 Å². The van der Waals surface area contributed by atoms with Gasteiger partial charge in [-0.2, -0.15) is 0 Å². The van der Waals surface area contributed by atoms with Gasteiger partial charge in [0.05, 0.1) is 3.57 Å². The average molecular weight is 367 g/mol. The summed E-state index contributed by atoms with van der Waals surface area (Å²) in [7, 11) is 0. The minimum absolute atomic E-state index is 0.192. The number of rotatable bonds is 1. The van der Waals surface area contributed by atoms with E-state index in [0.717, 1.165) is 0 Å². The van der Waals surface area contributed by atoms with Crippen molar-refractivity contribution in [1.29, 1.82) is 0 Å². The molecule has 0 saturated heterocycles. The van der Waals surface area contributed by atoms with E-state index >= 15 is 0 Å². The maximum Gasteiger partial charge on any atom is 0.573 e. The van der Waals surface area contributed by atoms with Crippen molar-refractivity contribution < 1.29 is 17.9 Å². The zero-order valence-corrected chi connectivity index (χ0v) is 9.77. The average Bonchev–Trinajstić information content (AvgIpc) is 1.96. The van der Waals surface area contributed by atoms with Gasteiger partial charge in [0, 0.05) is 4.47 Å². The molecule has 0 aromatic heterocycles. The van der Waals surface area contributed by atoms with Crippen LogP contribution in [0.3, 0.4) is 0 Å². The molecule has 6 heteroatoms. The summed E-state index contributed by atoms with van der Waals surface area (Å²) in [5.74, 6) is -0.192. The third-order valence-corrected chi connectivity index (χ3v) is 3.66. The molecule has 0 N–H and O–H groups in total. The first-order chi connectivity index (χ1) is 5.90. The van der Waals surface area contributed by atoms with E-state index < -0.39 is 6.36 Å². The van der Waals surface area contributed by atoms with Gasteiger partial charge in [0.15, 0.2) is 0 Å². The lowest BCUT2D eigenvalue weighted by Crippen LogP contribution is -2.17. The first-order valence-electron chi connectivity index (χ1n) is 3.10. The fraction of sp³-hybridized carbons (Fsp3) is 0.143. The molecule has 0 heterocycles. The van der Waals surface area contributed by atoms with Gasteiger partial charge in [-0.25, -0.2) is 0 Å². The maximum atomic E-state index is 11.8. The van der Waals surface area contributed by atoms with Gasteiger partial charge in [-0.15, -0.1) is 13.2 Å². The smallest absolute Gasteiger partial charge is 0.405 e. The van der Waals surface area contributed by atoms with Gasteiger partial charge in [0.25, 0.3) is 0 Å². The Bertz CT molecular complexity index is 313. The van der Waals surface area contributed by atoms with E-state index in [-0.39, 0.29) is 5.75 Å². The van der Waals surface area contributed by atoms with E-state index in [2.05, 4.69) is 20.7 Å². The molecular weight excluding hydrogens is 364 g/mol. The lowest BCUT2D eigenvalue weighted by atomic mass is 10.3. The number of alkyl halides is 3. The highest BCUT2D eigenvalue weighted by Gasteiger charge is 2.32. The Kier molecular flexibility index (Phi) is 3.44. The van der Waals surface area contributed by atoms with Crippen molar-refractivity contribution in [3.63, 3.8) is 0 Å². The van der Waals surface area contributed by atoms with Gasteiger partial charge in [-0.05, 0) is 50.7 Å². The lowest BCUT2D eigenvalue weighted by molar-refractivity contribution is -0.275. The fourth-order valence-corrected chi connectivity index (χ4v) is 1.51. The summed E-state index contributed by atoms with van der Waals surface area (Å²) in [5, 5.41) is 0. The van der Waals surface area contributed by atoms with Crippen LogP contribution in [-0.4, -0.2) is 6.36 Å². The molecule has 0 saturated carbocycles. The molecule has 1 nitrogen and oxygen atoms in total. The highest BCUT2D eigenvalue weighted by Crippen LogP contribution is 2.31. The molecule has 0 aliphatic rings. The Morgan fingerprint density at radius 1 is 1.31 bits per heavy atom. The zero-order chi connectivity index (χ0) is 10.1. The van der Waals surface area contributed by atoms with Crippen molar-refractivity contribution in [3.8, 4) is 5.75 Å². The van der Waals surface area contributed by atoms with Crippen LogP contribution in [0.1, 0.15) is 0 Å².